The lowest BCUT2D eigenvalue weighted by Gasteiger charge is -2.16. The van der Waals surface area contributed by atoms with Crippen molar-refractivity contribution >= 4 is 15.9 Å². The van der Waals surface area contributed by atoms with Gasteiger partial charge in [-0.15, -0.1) is 12.3 Å². The van der Waals surface area contributed by atoms with Crippen LogP contribution in [0.5, 0.6) is 5.75 Å². The van der Waals surface area contributed by atoms with E-state index >= 15 is 0 Å². The molecular weight excluding hydrogens is 392 g/mol. The molecule has 3 rings (SSSR count). The summed E-state index contributed by atoms with van der Waals surface area (Å²) in [6.45, 7) is 0.366. The highest BCUT2D eigenvalue weighted by Crippen LogP contribution is 2.36. The Labute approximate surface area is 171 Å². The molecule has 1 aliphatic carbocycles. The Bertz CT molecular complexity index is 924. The third-order valence-corrected chi connectivity index (χ3v) is 6.80. The normalized spacial score (nSPS) is 17.7. The molecule has 1 heterocycles. The molecular formula is C20H26N4O4S. The first kappa shape index (κ1) is 21.3. The zero-order valence-electron chi connectivity index (χ0n) is 16.5. The van der Waals surface area contributed by atoms with Gasteiger partial charge in [0.25, 0.3) is 5.91 Å². The Morgan fingerprint density at radius 3 is 2.66 bits per heavy atom. The zero-order valence-corrected chi connectivity index (χ0v) is 17.3. The fourth-order valence-corrected chi connectivity index (χ4v) is 5.00. The summed E-state index contributed by atoms with van der Waals surface area (Å²) in [7, 11) is -2.39. The monoisotopic (exact) mass is 418 g/mol. The minimum absolute atomic E-state index is 0.0303. The Hall–Kier alpha value is -2.44. The van der Waals surface area contributed by atoms with E-state index in [-0.39, 0.29) is 28.2 Å². The van der Waals surface area contributed by atoms with E-state index in [2.05, 4.69) is 26.2 Å². The molecule has 0 saturated heterocycles. The van der Waals surface area contributed by atoms with E-state index < -0.39 is 15.7 Å². The van der Waals surface area contributed by atoms with E-state index in [0.717, 1.165) is 25.7 Å². The highest BCUT2D eigenvalue weighted by molar-refractivity contribution is 7.89. The van der Waals surface area contributed by atoms with Gasteiger partial charge in [-0.3, -0.25) is 4.79 Å². The van der Waals surface area contributed by atoms with Crippen molar-refractivity contribution in [2.75, 3.05) is 13.7 Å². The summed E-state index contributed by atoms with van der Waals surface area (Å²) in [6, 6.07) is 4.32. The van der Waals surface area contributed by atoms with Crippen molar-refractivity contribution in [3.63, 3.8) is 0 Å². The number of benzene rings is 1. The second-order valence-corrected chi connectivity index (χ2v) is 9.04. The van der Waals surface area contributed by atoms with Crippen LogP contribution < -0.4 is 14.8 Å². The number of ether oxygens (including phenoxy) is 1. The molecule has 0 atom stereocenters. The number of nitrogens with one attached hydrogen (secondary N) is 2. The molecule has 0 bridgehead atoms. The van der Waals surface area contributed by atoms with Gasteiger partial charge in [0.1, 0.15) is 10.6 Å². The quantitative estimate of drug-likeness (QED) is 0.569. The van der Waals surface area contributed by atoms with Crippen molar-refractivity contribution in [3.8, 4) is 18.1 Å². The Balaban J connectivity index is 1.66. The lowest BCUT2D eigenvalue weighted by Crippen LogP contribution is -2.33. The van der Waals surface area contributed by atoms with Crippen LogP contribution in [0, 0.1) is 12.3 Å². The van der Waals surface area contributed by atoms with Gasteiger partial charge in [0.05, 0.1) is 7.11 Å². The maximum Gasteiger partial charge on any atom is 0.251 e. The maximum absolute atomic E-state index is 12.8. The SMILES string of the molecule is C#CCCC1(CCNC(=O)c2ccc(OC)c(S(=O)(=O)NC3CCCC3)c2)N=N1. The minimum atomic E-state index is -3.79. The number of amides is 1. The number of hydrogen-bond acceptors (Lipinski definition) is 6. The standard InChI is InChI=1S/C20H26N4O4S/c1-3-4-11-20(23-24-20)12-13-21-19(25)15-9-10-17(28-2)18(14-15)29(26,27)22-16-7-5-6-8-16/h1,9-10,14,16,22H,4-8,11-13H2,2H3,(H,21,25). The smallest absolute Gasteiger partial charge is 0.251 e. The van der Waals surface area contributed by atoms with Crippen molar-refractivity contribution < 1.29 is 17.9 Å². The number of methoxy groups -OCH3 is 1. The van der Waals surface area contributed by atoms with Crippen LogP contribution in [0.4, 0.5) is 0 Å². The molecule has 1 fully saturated rings. The topological polar surface area (TPSA) is 109 Å². The number of nitrogens with zero attached hydrogens (tertiary/aromatic N) is 2. The highest BCUT2D eigenvalue weighted by Gasteiger charge is 2.38. The molecule has 8 nitrogen and oxygen atoms in total. The first-order valence-corrected chi connectivity index (χ1v) is 11.2. The molecule has 1 amide bonds. The van der Waals surface area contributed by atoms with Crippen LogP contribution in [-0.4, -0.2) is 39.7 Å². The summed E-state index contributed by atoms with van der Waals surface area (Å²) < 4.78 is 33.6. The van der Waals surface area contributed by atoms with Crippen LogP contribution in [-0.2, 0) is 10.0 Å². The summed E-state index contributed by atoms with van der Waals surface area (Å²) in [5, 5.41) is 10.9. The van der Waals surface area contributed by atoms with Gasteiger partial charge < -0.3 is 10.1 Å². The van der Waals surface area contributed by atoms with Crippen LogP contribution in [0.15, 0.2) is 33.3 Å². The van der Waals surface area contributed by atoms with Crippen LogP contribution in [0.25, 0.3) is 0 Å². The average Bonchev–Trinajstić information content (AvgIpc) is 3.30. The van der Waals surface area contributed by atoms with E-state index in [1.165, 1.54) is 19.2 Å². The summed E-state index contributed by atoms with van der Waals surface area (Å²) in [4.78, 5) is 12.5. The molecule has 0 aromatic heterocycles. The van der Waals surface area contributed by atoms with E-state index in [9.17, 15) is 13.2 Å². The number of rotatable bonds is 10. The van der Waals surface area contributed by atoms with Crippen LogP contribution in [0.2, 0.25) is 0 Å². The van der Waals surface area contributed by atoms with Crippen LogP contribution in [0.3, 0.4) is 0 Å². The van der Waals surface area contributed by atoms with Gasteiger partial charge in [0.2, 0.25) is 10.0 Å². The van der Waals surface area contributed by atoms with Gasteiger partial charge in [-0.25, -0.2) is 13.1 Å². The third-order valence-electron chi connectivity index (χ3n) is 5.26. The van der Waals surface area contributed by atoms with Gasteiger partial charge in [-0.05, 0) is 31.0 Å². The fraction of sp³-hybridized carbons (Fsp3) is 0.550. The second-order valence-electron chi connectivity index (χ2n) is 7.36. The molecule has 2 aliphatic rings. The highest BCUT2D eigenvalue weighted by atomic mass is 32.2. The number of sulfonamides is 1. The molecule has 1 saturated carbocycles. The van der Waals surface area contributed by atoms with Crippen molar-refractivity contribution in [2.24, 2.45) is 10.2 Å². The Morgan fingerprint density at radius 1 is 1.31 bits per heavy atom. The van der Waals surface area contributed by atoms with Crippen LogP contribution >= 0.6 is 0 Å². The predicted molar refractivity (Wildman–Crippen MR) is 108 cm³/mol. The average molecular weight is 419 g/mol. The fourth-order valence-electron chi connectivity index (χ4n) is 3.50. The largest absolute Gasteiger partial charge is 0.495 e. The lowest BCUT2D eigenvalue weighted by molar-refractivity contribution is 0.0951. The summed E-state index contributed by atoms with van der Waals surface area (Å²) in [5.74, 6) is 2.40. The van der Waals surface area contributed by atoms with Gasteiger partial charge in [0.15, 0.2) is 5.66 Å². The van der Waals surface area contributed by atoms with E-state index in [1.807, 2.05) is 0 Å². The van der Waals surface area contributed by atoms with Gasteiger partial charge in [-0.1, -0.05) is 12.8 Å². The number of terminal acetylenes is 1. The van der Waals surface area contributed by atoms with Crippen molar-refractivity contribution in [2.45, 2.75) is 61.5 Å². The molecule has 156 valence electrons. The van der Waals surface area contributed by atoms with Crippen molar-refractivity contribution in [1.29, 1.82) is 0 Å². The first-order chi connectivity index (χ1) is 13.9. The third kappa shape index (κ3) is 5.34. The van der Waals surface area contributed by atoms with E-state index in [4.69, 9.17) is 11.2 Å². The second kappa shape index (κ2) is 8.93. The Kier molecular flexibility index (Phi) is 6.55. The molecule has 0 unspecified atom stereocenters. The molecule has 9 heteroatoms. The van der Waals surface area contributed by atoms with E-state index in [1.54, 1.807) is 6.07 Å². The maximum atomic E-state index is 12.8. The van der Waals surface area contributed by atoms with E-state index in [0.29, 0.717) is 25.8 Å². The first-order valence-electron chi connectivity index (χ1n) is 9.75. The number of carbonyl (C=O) groups excluding carboxylic acids is 1. The Morgan fingerprint density at radius 2 is 2.03 bits per heavy atom. The molecule has 29 heavy (non-hydrogen) atoms. The summed E-state index contributed by atoms with van der Waals surface area (Å²) in [5.41, 5.74) is -0.223. The molecule has 2 N–H and O–H groups in total. The van der Waals surface area contributed by atoms with Gasteiger partial charge >= 0.3 is 0 Å². The van der Waals surface area contributed by atoms with Gasteiger partial charge in [-0.2, -0.15) is 10.2 Å². The molecule has 1 aromatic rings. The predicted octanol–water partition coefficient (Wildman–Crippen LogP) is 2.61. The van der Waals surface area contributed by atoms with Crippen molar-refractivity contribution in [3.05, 3.63) is 23.8 Å². The van der Waals surface area contributed by atoms with Crippen molar-refractivity contribution in [1.82, 2.24) is 10.0 Å². The number of carbonyl (C=O) groups is 1. The minimum Gasteiger partial charge on any atom is -0.495 e. The molecule has 1 aliphatic heterocycles. The zero-order chi connectivity index (χ0) is 20.9. The van der Waals surface area contributed by atoms with Gasteiger partial charge in [0, 0.05) is 37.4 Å². The summed E-state index contributed by atoms with van der Waals surface area (Å²) in [6.07, 6.45) is 10.7. The summed E-state index contributed by atoms with van der Waals surface area (Å²) >= 11 is 0. The molecule has 0 spiro atoms. The molecule has 0 radical (unpaired) electrons. The lowest BCUT2D eigenvalue weighted by atomic mass is 10.0. The van der Waals surface area contributed by atoms with Crippen LogP contribution in [0.1, 0.15) is 55.3 Å². The number of hydrogen-bond donors (Lipinski definition) is 2. The molecule has 1 aromatic carbocycles.